The molecule has 2 aromatic rings. The molecule has 1 saturated heterocycles. The number of nitrogens with one attached hydrogen (secondary N) is 2. The van der Waals surface area contributed by atoms with Crippen molar-refractivity contribution in [2.45, 2.75) is 19.3 Å². The van der Waals surface area contributed by atoms with Gasteiger partial charge in [-0.15, -0.1) is 11.3 Å². The van der Waals surface area contributed by atoms with Gasteiger partial charge in [0, 0.05) is 18.4 Å². The number of carbonyl (C=O) groups excluding carboxylic acids is 1. The van der Waals surface area contributed by atoms with E-state index in [1.807, 2.05) is 0 Å². The van der Waals surface area contributed by atoms with Gasteiger partial charge in [-0.1, -0.05) is 18.2 Å². The number of methoxy groups -OCH3 is 1. The van der Waals surface area contributed by atoms with Gasteiger partial charge in [-0.05, 0) is 54.7 Å². The molecule has 3 rings (SSSR count). The molecule has 124 valence electrons. The van der Waals surface area contributed by atoms with Gasteiger partial charge in [-0.2, -0.15) is 0 Å². The molecule has 1 aliphatic heterocycles. The van der Waals surface area contributed by atoms with Crippen molar-refractivity contribution in [3.63, 3.8) is 0 Å². The lowest BCUT2D eigenvalue weighted by Crippen LogP contribution is -2.50. The van der Waals surface area contributed by atoms with E-state index in [-0.39, 0.29) is 11.3 Å². The second-order valence-electron chi connectivity index (χ2n) is 6.23. The van der Waals surface area contributed by atoms with E-state index in [4.69, 9.17) is 4.74 Å². The summed E-state index contributed by atoms with van der Waals surface area (Å²) in [6, 6.07) is 8.43. The van der Waals surface area contributed by atoms with Gasteiger partial charge in [-0.25, -0.2) is 0 Å². The Morgan fingerprint density at radius 2 is 2.13 bits per heavy atom. The van der Waals surface area contributed by atoms with Crippen LogP contribution in [0, 0.1) is 5.41 Å². The number of carbonyl (C=O) groups is 1. The largest absolute Gasteiger partial charge is 0.384 e. The van der Waals surface area contributed by atoms with E-state index in [2.05, 4.69) is 40.3 Å². The van der Waals surface area contributed by atoms with Crippen molar-refractivity contribution in [3.05, 3.63) is 35.2 Å². The second-order valence-corrected chi connectivity index (χ2v) is 7.14. The van der Waals surface area contributed by atoms with Crippen molar-refractivity contribution >= 4 is 27.3 Å². The molecule has 1 aromatic heterocycles. The first-order chi connectivity index (χ1) is 11.2. The molecule has 0 atom stereocenters. The Morgan fingerprint density at radius 3 is 2.91 bits per heavy atom. The number of fused-ring (bicyclic) bond motifs is 1. The summed E-state index contributed by atoms with van der Waals surface area (Å²) in [4.78, 5) is 12.7. The van der Waals surface area contributed by atoms with Gasteiger partial charge >= 0.3 is 0 Å². The SMILES string of the molecule is COCC1(C(=O)NCCc2csc3ccccc23)CCNCC1. The number of amides is 1. The van der Waals surface area contributed by atoms with E-state index in [1.165, 1.54) is 15.6 Å². The maximum Gasteiger partial charge on any atom is 0.228 e. The number of benzene rings is 1. The Kier molecular flexibility index (Phi) is 5.30. The summed E-state index contributed by atoms with van der Waals surface area (Å²) < 4.78 is 6.64. The highest BCUT2D eigenvalue weighted by atomic mass is 32.1. The van der Waals surface area contributed by atoms with Crippen LogP contribution in [-0.2, 0) is 16.0 Å². The molecule has 1 aromatic carbocycles. The van der Waals surface area contributed by atoms with Crippen molar-refractivity contribution in [2.24, 2.45) is 5.41 Å². The first-order valence-electron chi connectivity index (χ1n) is 8.18. The zero-order valence-corrected chi connectivity index (χ0v) is 14.4. The maximum absolute atomic E-state index is 12.7. The van der Waals surface area contributed by atoms with Crippen molar-refractivity contribution < 1.29 is 9.53 Å². The molecule has 1 amide bonds. The molecule has 1 aliphatic rings. The molecule has 0 aliphatic carbocycles. The third kappa shape index (κ3) is 3.57. The first kappa shape index (κ1) is 16.4. The van der Waals surface area contributed by atoms with Crippen LogP contribution in [0.4, 0.5) is 0 Å². The second kappa shape index (κ2) is 7.43. The van der Waals surface area contributed by atoms with Crippen molar-refractivity contribution in [2.75, 3.05) is 33.4 Å². The van der Waals surface area contributed by atoms with Crippen molar-refractivity contribution in [3.8, 4) is 0 Å². The molecule has 0 unspecified atom stereocenters. The van der Waals surface area contributed by atoms with Crippen LogP contribution in [-0.4, -0.2) is 39.3 Å². The van der Waals surface area contributed by atoms with E-state index < -0.39 is 0 Å². The van der Waals surface area contributed by atoms with Crippen LogP contribution in [0.5, 0.6) is 0 Å². The van der Waals surface area contributed by atoms with E-state index in [1.54, 1.807) is 18.4 Å². The summed E-state index contributed by atoms with van der Waals surface area (Å²) in [5.41, 5.74) is 0.952. The van der Waals surface area contributed by atoms with Crippen LogP contribution >= 0.6 is 11.3 Å². The lowest BCUT2D eigenvalue weighted by Gasteiger charge is -2.35. The third-order valence-electron chi connectivity index (χ3n) is 4.70. The van der Waals surface area contributed by atoms with E-state index in [9.17, 15) is 4.79 Å². The van der Waals surface area contributed by atoms with Gasteiger partial charge in [0.2, 0.25) is 5.91 Å². The predicted octanol–water partition coefficient (Wildman–Crippen LogP) is 2.58. The highest BCUT2D eigenvalue weighted by Crippen LogP contribution is 2.30. The molecule has 23 heavy (non-hydrogen) atoms. The molecule has 0 spiro atoms. The zero-order chi connectivity index (χ0) is 16.1. The lowest BCUT2D eigenvalue weighted by molar-refractivity contribution is -0.136. The fourth-order valence-corrected chi connectivity index (χ4v) is 4.34. The Morgan fingerprint density at radius 1 is 1.35 bits per heavy atom. The number of hydrogen-bond acceptors (Lipinski definition) is 4. The fourth-order valence-electron chi connectivity index (χ4n) is 3.34. The van der Waals surface area contributed by atoms with E-state index >= 15 is 0 Å². The van der Waals surface area contributed by atoms with Crippen LogP contribution in [0.3, 0.4) is 0 Å². The summed E-state index contributed by atoms with van der Waals surface area (Å²) in [5, 5.41) is 9.96. The van der Waals surface area contributed by atoms with Crippen molar-refractivity contribution in [1.82, 2.24) is 10.6 Å². The normalized spacial score (nSPS) is 17.3. The van der Waals surface area contributed by atoms with Gasteiger partial charge in [0.15, 0.2) is 0 Å². The lowest BCUT2D eigenvalue weighted by atomic mass is 9.78. The number of piperidine rings is 1. The van der Waals surface area contributed by atoms with Crippen LogP contribution in [0.2, 0.25) is 0 Å². The van der Waals surface area contributed by atoms with Crippen LogP contribution in [0.15, 0.2) is 29.6 Å². The highest BCUT2D eigenvalue weighted by Gasteiger charge is 2.39. The summed E-state index contributed by atoms with van der Waals surface area (Å²) in [6.45, 7) is 2.94. The van der Waals surface area contributed by atoms with Crippen LogP contribution in [0.25, 0.3) is 10.1 Å². The molecule has 2 N–H and O–H groups in total. The van der Waals surface area contributed by atoms with Gasteiger partial charge in [-0.3, -0.25) is 4.79 Å². The zero-order valence-electron chi connectivity index (χ0n) is 13.6. The Bertz CT molecular complexity index is 656. The highest BCUT2D eigenvalue weighted by molar-refractivity contribution is 7.17. The Labute approximate surface area is 141 Å². The minimum absolute atomic E-state index is 0.139. The Hall–Kier alpha value is -1.43. The van der Waals surface area contributed by atoms with Gasteiger partial charge in [0.1, 0.15) is 0 Å². The Balaban J connectivity index is 1.60. The van der Waals surface area contributed by atoms with Crippen LogP contribution in [0.1, 0.15) is 18.4 Å². The predicted molar refractivity (Wildman–Crippen MR) is 95.0 cm³/mol. The molecule has 4 nitrogen and oxygen atoms in total. The smallest absolute Gasteiger partial charge is 0.228 e. The van der Waals surface area contributed by atoms with Crippen molar-refractivity contribution in [1.29, 1.82) is 0 Å². The molecule has 0 radical (unpaired) electrons. The molecular formula is C18H24N2O2S. The number of rotatable bonds is 6. The molecule has 0 bridgehead atoms. The van der Waals surface area contributed by atoms with Gasteiger partial charge in [0.05, 0.1) is 12.0 Å². The number of hydrogen-bond donors (Lipinski definition) is 2. The molecular weight excluding hydrogens is 308 g/mol. The minimum atomic E-state index is -0.364. The molecule has 2 heterocycles. The minimum Gasteiger partial charge on any atom is -0.384 e. The summed E-state index contributed by atoms with van der Waals surface area (Å²) in [5.74, 6) is 0.139. The van der Waals surface area contributed by atoms with Crippen LogP contribution < -0.4 is 10.6 Å². The summed E-state index contributed by atoms with van der Waals surface area (Å²) in [6.07, 6.45) is 2.55. The summed E-state index contributed by atoms with van der Waals surface area (Å²) in [7, 11) is 1.68. The van der Waals surface area contributed by atoms with E-state index in [0.717, 1.165) is 32.4 Å². The topological polar surface area (TPSA) is 50.4 Å². The van der Waals surface area contributed by atoms with Gasteiger partial charge in [0.25, 0.3) is 0 Å². The fraction of sp³-hybridized carbons (Fsp3) is 0.500. The molecule has 0 saturated carbocycles. The maximum atomic E-state index is 12.7. The molecule has 1 fully saturated rings. The quantitative estimate of drug-likeness (QED) is 0.855. The standard InChI is InChI=1S/C18H24N2O2S/c1-22-13-18(7-10-19-11-8-18)17(21)20-9-6-14-12-23-16-5-3-2-4-15(14)16/h2-5,12,19H,6-11,13H2,1H3,(H,20,21). The monoisotopic (exact) mass is 332 g/mol. The average Bonchev–Trinajstić information content (AvgIpc) is 2.99. The first-order valence-corrected chi connectivity index (χ1v) is 9.06. The number of thiophene rings is 1. The number of ether oxygens (including phenoxy) is 1. The average molecular weight is 332 g/mol. The van der Waals surface area contributed by atoms with Gasteiger partial charge < -0.3 is 15.4 Å². The molecule has 5 heteroatoms. The summed E-state index contributed by atoms with van der Waals surface area (Å²) >= 11 is 1.77. The van der Waals surface area contributed by atoms with E-state index in [0.29, 0.717) is 13.2 Å². The third-order valence-corrected chi connectivity index (χ3v) is 5.72.